The van der Waals surface area contributed by atoms with Gasteiger partial charge in [0.2, 0.25) is 0 Å². The van der Waals surface area contributed by atoms with E-state index in [9.17, 15) is 4.39 Å². The summed E-state index contributed by atoms with van der Waals surface area (Å²) < 4.78 is 14.5. The minimum Gasteiger partial charge on any atom is -0.251 e. The molecule has 0 aliphatic rings. The van der Waals surface area contributed by atoms with Crippen molar-refractivity contribution in [1.82, 2.24) is 4.98 Å². The predicted octanol–water partition coefficient (Wildman–Crippen LogP) is 4.66. The molecule has 0 unspecified atom stereocenters. The van der Waals surface area contributed by atoms with Crippen LogP contribution >= 0.6 is 27.5 Å². The Labute approximate surface area is 107 Å². The van der Waals surface area contributed by atoms with Gasteiger partial charge < -0.3 is 0 Å². The first kappa shape index (κ1) is 11.8. The highest BCUT2D eigenvalue weighted by molar-refractivity contribution is 9.10. The molecule has 0 radical (unpaired) electrons. The highest BCUT2D eigenvalue weighted by atomic mass is 79.9. The van der Waals surface area contributed by atoms with E-state index in [1.165, 1.54) is 6.07 Å². The lowest BCUT2D eigenvalue weighted by atomic mass is 10.1. The number of aryl methyl sites for hydroxylation is 1. The maximum atomic E-state index is 13.7. The summed E-state index contributed by atoms with van der Waals surface area (Å²) in [6, 6.07) is 3.04. The van der Waals surface area contributed by atoms with Crippen LogP contribution in [0.5, 0.6) is 0 Å². The SMILES string of the molecule is CCc1c(C)nc2c(Br)ccc(F)c2c1Cl. The highest BCUT2D eigenvalue weighted by Gasteiger charge is 2.14. The quantitative estimate of drug-likeness (QED) is 0.746. The fraction of sp³-hybridized carbons (Fsp3) is 0.250. The van der Waals surface area contributed by atoms with Crippen LogP contribution in [0, 0.1) is 12.7 Å². The summed E-state index contributed by atoms with van der Waals surface area (Å²) in [5, 5.41) is 0.877. The summed E-state index contributed by atoms with van der Waals surface area (Å²) in [5.41, 5.74) is 2.34. The Morgan fingerprint density at radius 3 is 2.75 bits per heavy atom. The van der Waals surface area contributed by atoms with Crippen LogP contribution in [0.25, 0.3) is 10.9 Å². The molecule has 0 fully saturated rings. The maximum absolute atomic E-state index is 13.7. The van der Waals surface area contributed by atoms with Crippen molar-refractivity contribution in [1.29, 1.82) is 0 Å². The molecule has 4 heteroatoms. The number of aromatic nitrogens is 1. The van der Waals surface area contributed by atoms with E-state index in [1.807, 2.05) is 13.8 Å². The fourth-order valence-corrected chi connectivity index (χ4v) is 2.68. The molecule has 2 aromatic rings. The average molecular weight is 303 g/mol. The fourth-order valence-electron chi connectivity index (χ4n) is 1.82. The molecule has 0 aliphatic heterocycles. The van der Waals surface area contributed by atoms with Crippen molar-refractivity contribution in [3.8, 4) is 0 Å². The van der Waals surface area contributed by atoms with Gasteiger partial charge in [0, 0.05) is 10.2 Å². The smallest absolute Gasteiger partial charge is 0.134 e. The Hall–Kier alpha value is -0.670. The van der Waals surface area contributed by atoms with Crippen molar-refractivity contribution in [2.24, 2.45) is 0 Å². The number of hydrogen-bond donors (Lipinski definition) is 0. The second kappa shape index (κ2) is 4.30. The lowest BCUT2D eigenvalue weighted by molar-refractivity contribution is 0.639. The van der Waals surface area contributed by atoms with Gasteiger partial charge in [-0.05, 0) is 47.0 Å². The molecule has 0 spiro atoms. The minimum atomic E-state index is -0.328. The molecule has 0 amide bonds. The number of nitrogens with zero attached hydrogens (tertiary/aromatic N) is 1. The minimum absolute atomic E-state index is 0.328. The van der Waals surface area contributed by atoms with Crippen LogP contribution in [0.1, 0.15) is 18.2 Å². The zero-order valence-electron chi connectivity index (χ0n) is 8.94. The van der Waals surface area contributed by atoms with E-state index in [0.717, 1.165) is 22.2 Å². The van der Waals surface area contributed by atoms with Crippen molar-refractivity contribution >= 4 is 38.4 Å². The molecule has 0 aliphatic carbocycles. The van der Waals surface area contributed by atoms with Crippen LogP contribution in [0.2, 0.25) is 5.02 Å². The van der Waals surface area contributed by atoms with Gasteiger partial charge >= 0.3 is 0 Å². The standard InChI is InChI=1S/C12H10BrClFN/c1-3-7-6(2)16-12-8(13)4-5-9(15)10(12)11(7)14/h4-5H,3H2,1-2H3. The normalized spacial score (nSPS) is 11.1. The second-order valence-corrected chi connectivity index (χ2v) is 4.83. The van der Waals surface area contributed by atoms with Gasteiger partial charge in [0.15, 0.2) is 0 Å². The molecule has 1 aromatic heterocycles. The van der Waals surface area contributed by atoms with Crippen molar-refractivity contribution in [3.63, 3.8) is 0 Å². The van der Waals surface area contributed by atoms with Crippen molar-refractivity contribution in [2.75, 3.05) is 0 Å². The second-order valence-electron chi connectivity index (χ2n) is 3.60. The van der Waals surface area contributed by atoms with E-state index in [1.54, 1.807) is 6.07 Å². The first-order valence-electron chi connectivity index (χ1n) is 4.99. The van der Waals surface area contributed by atoms with Gasteiger partial charge in [-0.3, -0.25) is 4.98 Å². The molecule has 0 saturated carbocycles. The summed E-state index contributed by atoms with van der Waals surface area (Å²) >= 11 is 9.58. The topological polar surface area (TPSA) is 12.9 Å². The number of benzene rings is 1. The van der Waals surface area contributed by atoms with Crippen LogP contribution < -0.4 is 0 Å². The number of halogens is 3. The molecule has 0 N–H and O–H groups in total. The first-order valence-corrected chi connectivity index (χ1v) is 6.16. The zero-order chi connectivity index (χ0) is 11.9. The van der Waals surface area contributed by atoms with E-state index in [4.69, 9.17) is 11.6 Å². The van der Waals surface area contributed by atoms with Gasteiger partial charge in [-0.25, -0.2) is 4.39 Å². The lowest BCUT2D eigenvalue weighted by Gasteiger charge is -2.10. The largest absolute Gasteiger partial charge is 0.251 e. The van der Waals surface area contributed by atoms with Crippen LogP contribution in [-0.2, 0) is 6.42 Å². The Morgan fingerprint density at radius 2 is 2.12 bits per heavy atom. The molecule has 0 saturated heterocycles. The molecule has 16 heavy (non-hydrogen) atoms. The highest BCUT2D eigenvalue weighted by Crippen LogP contribution is 2.33. The third-order valence-electron chi connectivity index (χ3n) is 2.63. The predicted molar refractivity (Wildman–Crippen MR) is 68.5 cm³/mol. The van der Waals surface area contributed by atoms with Crippen molar-refractivity contribution in [2.45, 2.75) is 20.3 Å². The Balaban J connectivity index is 2.98. The number of fused-ring (bicyclic) bond motifs is 1. The Bertz CT molecular complexity index is 569. The molecule has 1 nitrogen and oxygen atoms in total. The van der Waals surface area contributed by atoms with E-state index in [2.05, 4.69) is 20.9 Å². The monoisotopic (exact) mass is 301 g/mol. The Kier molecular flexibility index (Phi) is 3.17. The first-order chi connectivity index (χ1) is 7.56. The summed E-state index contributed by atoms with van der Waals surface area (Å²) in [6.07, 6.45) is 0.750. The molecule has 2 rings (SSSR count). The molecular weight excluding hydrogens is 292 g/mol. The molecule has 1 heterocycles. The molecule has 84 valence electrons. The van der Waals surface area contributed by atoms with Crippen molar-refractivity contribution < 1.29 is 4.39 Å². The number of rotatable bonds is 1. The van der Waals surface area contributed by atoms with Crippen LogP contribution in [0.15, 0.2) is 16.6 Å². The van der Waals surface area contributed by atoms with E-state index < -0.39 is 0 Å². The third kappa shape index (κ3) is 1.72. The van der Waals surface area contributed by atoms with Gasteiger partial charge in [-0.15, -0.1) is 0 Å². The van der Waals surface area contributed by atoms with E-state index in [0.29, 0.717) is 15.9 Å². The zero-order valence-corrected chi connectivity index (χ0v) is 11.3. The van der Waals surface area contributed by atoms with Crippen LogP contribution in [-0.4, -0.2) is 4.98 Å². The summed E-state index contributed by atoms with van der Waals surface area (Å²) in [5.74, 6) is -0.328. The lowest BCUT2D eigenvalue weighted by Crippen LogP contribution is -1.96. The average Bonchev–Trinajstić information content (AvgIpc) is 2.24. The maximum Gasteiger partial charge on any atom is 0.134 e. The van der Waals surface area contributed by atoms with Crippen molar-refractivity contribution in [3.05, 3.63) is 38.7 Å². The third-order valence-corrected chi connectivity index (χ3v) is 3.69. The molecular formula is C12H10BrClFN. The number of hydrogen-bond acceptors (Lipinski definition) is 1. The van der Waals surface area contributed by atoms with Gasteiger partial charge in [0.1, 0.15) is 5.82 Å². The Morgan fingerprint density at radius 1 is 1.44 bits per heavy atom. The van der Waals surface area contributed by atoms with Crippen LogP contribution in [0.4, 0.5) is 4.39 Å². The summed E-state index contributed by atoms with van der Waals surface area (Å²) in [6.45, 7) is 3.87. The number of pyridine rings is 1. The molecule has 0 atom stereocenters. The molecule has 0 bridgehead atoms. The van der Waals surface area contributed by atoms with E-state index >= 15 is 0 Å². The van der Waals surface area contributed by atoms with Gasteiger partial charge in [0.25, 0.3) is 0 Å². The van der Waals surface area contributed by atoms with Gasteiger partial charge in [-0.1, -0.05) is 18.5 Å². The summed E-state index contributed by atoms with van der Waals surface area (Å²) in [7, 11) is 0. The summed E-state index contributed by atoms with van der Waals surface area (Å²) in [4.78, 5) is 4.40. The molecule has 1 aromatic carbocycles. The van der Waals surface area contributed by atoms with Gasteiger partial charge in [-0.2, -0.15) is 0 Å². The van der Waals surface area contributed by atoms with E-state index in [-0.39, 0.29) is 5.82 Å². The van der Waals surface area contributed by atoms with Gasteiger partial charge in [0.05, 0.1) is 15.9 Å². The van der Waals surface area contributed by atoms with Crippen LogP contribution in [0.3, 0.4) is 0 Å².